The number of carbonyl (C=O) groups excluding carboxylic acids is 1. The molecule has 1 aromatic carbocycles. The minimum absolute atomic E-state index is 0.171. The summed E-state index contributed by atoms with van der Waals surface area (Å²) >= 11 is 0. The van der Waals surface area contributed by atoms with Gasteiger partial charge < -0.3 is 15.4 Å². The summed E-state index contributed by atoms with van der Waals surface area (Å²) in [4.78, 5) is 16.7. The maximum absolute atomic E-state index is 14.1. The second kappa shape index (κ2) is 6.50. The molecule has 3 aliphatic heterocycles. The molecule has 0 spiro atoms. The van der Waals surface area contributed by atoms with Crippen LogP contribution < -0.4 is 5.73 Å². The van der Waals surface area contributed by atoms with E-state index in [0.717, 1.165) is 44.6 Å². The molecule has 27 heavy (non-hydrogen) atoms. The van der Waals surface area contributed by atoms with Crippen molar-refractivity contribution < 1.29 is 18.3 Å². The van der Waals surface area contributed by atoms with E-state index in [1.54, 1.807) is 0 Å². The van der Waals surface area contributed by atoms with Crippen molar-refractivity contribution in [3.63, 3.8) is 0 Å². The largest absolute Gasteiger partial charge is 0.370 e. The van der Waals surface area contributed by atoms with Crippen LogP contribution in [-0.4, -0.2) is 60.1 Å². The quantitative estimate of drug-likeness (QED) is 0.871. The number of ether oxygens (including phenoxy) is 1. The van der Waals surface area contributed by atoms with E-state index in [2.05, 4.69) is 4.90 Å². The molecule has 146 valence electrons. The van der Waals surface area contributed by atoms with Gasteiger partial charge in [-0.25, -0.2) is 8.78 Å². The highest BCUT2D eigenvalue weighted by molar-refractivity contribution is 5.81. The smallest absolute Gasteiger partial charge is 0.225 e. The van der Waals surface area contributed by atoms with Crippen molar-refractivity contribution in [2.75, 3.05) is 26.2 Å². The highest BCUT2D eigenvalue weighted by Gasteiger charge is 2.51. The summed E-state index contributed by atoms with van der Waals surface area (Å²) in [5.41, 5.74) is 6.49. The van der Waals surface area contributed by atoms with Gasteiger partial charge >= 0.3 is 0 Å². The van der Waals surface area contributed by atoms with Crippen molar-refractivity contribution in [1.82, 2.24) is 9.80 Å². The summed E-state index contributed by atoms with van der Waals surface area (Å²) in [5, 5.41) is 0. The molecular formula is C20H25F2N3O2. The maximum Gasteiger partial charge on any atom is 0.225 e. The van der Waals surface area contributed by atoms with Gasteiger partial charge in [-0.3, -0.25) is 9.69 Å². The van der Waals surface area contributed by atoms with E-state index in [4.69, 9.17) is 10.5 Å². The van der Waals surface area contributed by atoms with E-state index in [-0.39, 0.29) is 23.6 Å². The molecule has 4 aliphatic rings. The molecular weight excluding hydrogens is 352 g/mol. The number of rotatable bonds is 3. The van der Waals surface area contributed by atoms with Gasteiger partial charge in [-0.15, -0.1) is 0 Å². The molecule has 7 heteroatoms. The second-order valence-corrected chi connectivity index (χ2v) is 8.51. The number of benzene rings is 1. The van der Waals surface area contributed by atoms with Crippen molar-refractivity contribution in [2.45, 2.75) is 43.5 Å². The fourth-order valence-corrected chi connectivity index (χ4v) is 4.99. The Kier molecular flexibility index (Phi) is 4.22. The molecule has 0 aromatic heterocycles. The fourth-order valence-electron chi connectivity index (χ4n) is 4.99. The summed E-state index contributed by atoms with van der Waals surface area (Å²) in [6, 6.07) is 3.57. The van der Waals surface area contributed by atoms with Gasteiger partial charge in [-0.2, -0.15) is 0 Å². The highest BCUT2D eigenvalue weighted by atomic mass is 19.1. The van der Waals surface area contributed by atoms with E-state index in [9.17, 15) is 13.6 Å². The summed E-state index contributed by atoms with van der Waals surface area (Å²) in [7, 11) is 0. The lowest BCUT2D eigenvalue weighted by atomic mass is 9.86. The highest BCUT2D eigenvalue weighted by Crippen LogP contribution is 2.40. The number of halogens is 2. The van der Waals surface area contributed by atoms with E-state index < -0.39 is 17.7 Å². The Morgan fingerprint density at radius 3 is 2.74 bits per heavy atom. The number of nitrogens with zero attached hydrogens (tertiary/aromatic N) is 2. The standard InChI is InChI=1S/C20H25F2N3O2/c21-13-3-4-16(22)15(5-13)19-17(23)6-14(10-27-19)25-8-12-7-24(9-18(12)25)20(26)11-1-2-11/h3-5,11-12,14,17-19H,1-2,6-10,23H2/t12?,14-,17+,18?,19-/m1/s1. The Labute approximate surface area is 157 Å². The Bertz CT molecular complexity index is 757. The van der Waals surface area contributed by atoms with Gasteiger partial charge in [0.1, 0.15) is 17.7 Å². The Hall–Kier alpha value is -1.57. The number of nitrogens with two attached hydrogens (primary N) is 1. The SMILES string of the molecule is N[C@H]1C[C@@H](N2CC3CN(C(=O)C4CC4)CC32)CO[C@@H]1c1cc(F)ccc1F. The first kappa shape index (κ1) is 17.5. The molecule has 2 unspecified atom stereocenters. The van der Waals surface area contributed by atoms with Crippen LogP contribution in [0.4, 0.5) is 8.78 Å². The molecule has 5 atom stereocenters. The van der Waals surface area contributed by atoms with Crippen LogP contribution >= 0.6 is 0 Å². The van der Waals surface area contributed by atoms with Crippen LogP contribution in [0.15, 0.2) is 18.2 Å². The zero-order valence-electron chi connectivity index (χ0n) is 15.2. The molecule has 0 radical (unpaired) electrons. The first-order chi connectivity index (χ1) is 13.0. The van der Waals surface area contributed by atoms with Crippen LogP contribution in [0.5, 0.6) is 0 Å². The Morgan fingerprint density at radius 1 is 1.19 bits per heavy atom. The molecule has 0 bridgehead atoms. The van der Waals surface area contributed by atoms with Crippen molar-refractivity contribution >= 4 is 5.91 Å². The first-order valence-corrected chi connectivity index (χ1v) is 9.88. The molecule has 4 fully saturated rings. The van der Waals surface area contributed by atoms with Gasteiger partial charge in [0, 0.05) is 55.2 Å². The van der Waals surface area contributed by atoms with E-state index >= 15 is 0 Å². The third-order valence-electron chi connectivity index (χ3n) is 6.65. The van der Waals surface area contributed by atoms with Crippen molar-refractivity contribution in [2.24, 2.45) is 17.6 Å². The Morgan fingerprint density at radius 2 is 2.00 bits per heavy atom. The number of amides is 1. The van der Waals surface area contributed by atoms with Crippen LogP contribution in [-0.2, 0) is 9.53 Å². The topological polar surface area (TPSA) is 58.8 Å². The van der Waals surface area contributed by atoms with Crippen LogP contribution in [0.1, 0.15) is 30.9 Å². The van der Waals surface area contributed by atoms with Gasteiger partial charge in [0.2, 0.25) is 5.91 Å². The lowest BCUT2D eigenvalue weighted by Gasteiger charge is -2.50. The minimum atomic E-state index is -0.620. The number of carbonyl (C=O) groups is 1. The monoisotopic (exact) mass is 377 g/mol. The molecule has 1 aromatic rings. The normalized spacial score (nSPS) is 36.4. The molecule has 2 N–H and O–H groups in total. The number of hydrogen-bond donors (Lipinski definition) is 1. The Balaban J connectivity index is 1.22. The van der Waals surface area contributed by atoms with Gasteiger partial charge in [-0.05, 0) is 37.5 Å². The lowest BCUT2D eigenvalue weighted by Crippen LogP contribution is -2.63. The molecule has 1 aliphatic carbocycles. The summed E-state index contributed by atoms with van der Waals surface area (Å²) < 4.78 is 33.5. The van der Waals surface area contributed by atoms with Gasteiger partial charge in [0.05, 0.1) is 6.61 Å². The van der Waals surface area contributed by atoms with Crippen molar-refractivity contribution in [3.05, 3.63) is 35.4 Å². The third kappa shape index (κ3) is 3.05. The number of fused-ring (bicyclic) bond motifs is 1. The van der Waals surface area contributed by atoms with Crippen LogP contribution in [0.25, 0.3) is 0 Å². The van der Waals surface area contributed by atoms with Crippen LogP contribution in [0, 0.1) is 23.5 Å². The number of hydrogen-bond acceptors (Lipinski definition) is 4. The summed E-state index contributed by atoms with van der Waals surface area (Å²) in [5.74, 6) is 0.167. The van der Waals surface area contributed by atoms with Crippen molar-refractivity contribution in [3.8, 4) is 0 Å². The zero-order valence-corrected chi connectivity index (χ0v) is 15.2. The van der Waals surface area contributed by atoms with E-state index in [1.165, 1.54) is 6.07 Å². The van der Waals surface area contributed by atoms with Gasteiger partial charge in [-0.1, -0.05) is 0 Å². The second-order valence-electron chi connectivity index (χ2n) is 8.51. The van der Waals surface area contributed by atoms with Gasteiger partial charge in [0.25, 0.3) is 0 Å². The van der Waals surface area contributed by atoms with E-state index in [1.807, 2.05) is 4.90 Å². The molecule has 1 amide bonds. The summed E-state index contributed by atoms with van der Waals surface area (Å²) in [6.07, 6.45) is 2.14. The van der Waals surface area contributed by atoms with E-state index in [0.29, 0.717) is 30.9 Å². The molecule has 5 nitrogen and oxygen atoms in total. The van der Waals surface area contributed by atoms with Crippen molar-refractivity contribution in [1.29, 1.82) is 0 Å². The lowest BCUT2D eigenvalue weighted by molar-refractivity contribution is -0.131. The molecule has 5 rings (SSSR count). The fraction of sp³-hybridized carbons (Fsp3) is 0.650. The van der Waals surface area contributed by atoms with Crippen LogP contribution in [0.3, 0.4) is 0 Å². The minimum Gasteiger partial charge on any atom is -0.370 e. The predicted molar refractivity (Wildman–Crippen MR) is 94.7 cm³/mol. The molecule has 3 heterocycles. The maximum atomic E-state index is 14.1. The number of likely N-dealkylation sites (tertiary alicyclic amines) is 2. The van der Waals surface area contributed by atoms with Gasteiger partial charge in [0.15, 0.2) is 0 Å². The first-order valence-electron chi connectivity index (χ1n) is 9.88. The average molecular weight is 377 g/mol. The van der Waals surface area contributed by atoms with Crippen LogP contribution in [0.2, 0.25) is 0 Å². The molecule has 3 saturated heterocycles. The zero-order chi connectivity index (χ0) is 18.7. The summed E-state index contributed by atoms with van der Waals surface area (Å²) in [6.45, 7) is 3.08. The predicted octanol–water partition coefficient (Wildman–Crippen LogP) is 1.67. The molecule has 1 saturated carbocycles. The third-order valence-corrected chi connectivity index (χ3v) is 6.65. The average Bonchev–Trinajstić information content (AvgIpc) is 3.42.